The fourth-order valence-electron chi connectivity index (χ4n) is 0. The minimum atomic E-state index is -2.85. The third-order valence-corrected chi connectivity index (χ3v) is 0. The average molecular weight is 186 g/mol. The van der Waals surface area contributed by atoms with Gasteiger partial charge in [-0.05, 0) is 0 Å². The van der Waals surface area contributed by atoms with Gasteiger partial charge in [0.25, 0.3) is 0 Å². The summed E-state index contributed by atoms with van der Waals surface area (Å²) >= 11 is -0.417. The molecule has 54 valence electrons. The minimum absolute atomic E-state index is 0. The van der Waals surface area contributed by atoms with Crippen LogP contribution >= 0.6 is 0 Å². The van der Waals surface area contributed by atoms with Crippen molar-refractivity contribution in [1.29, 1.82) is 0 Å². The maximum Gasteiger partial charge on any atom is 0.0878 e. The molecule has 0 aliphatic carbocycles. The first-order valence-corrected chi connectivity index (χ1v) is 2.31. The van der Waals surface area contributed by atoms with E-state index in [4.69, 9.17) is 23.3 Å². The molecule has 0 aliphatic rings. The van der Waals surface area contributed by atoms with Gasteiger partial charge >= 0.3 is 0 Å². The maximum atomic E-state index is 8.41. The number of hydrogen-bond donors (Lipinski definition) is 0. The van der Waals surface area contributed by atoms with Crippen LogP contribution in [0.15, 0.2) is 0 Å². The molecule has 0 spiro atoms. The van der Waals surface area contributed by atoms with Gasteiger partial charge in [0.05, 0.1) is 22.1 Å². The Morgan fingerprint density at radius 2 is 1.00 bits per heavy atom. The van der Waals surface area contributed by atoms with Crippen LogP contribution in [0.3, 0.4) is 0 Å². The molecule has 0 rings (SSSR count). The van der Waals surface area contributed by atoms with Crippen molar-refractivity contribution in [2.45, 2.75) is 0 Å². The molecule has 0 fully saturated rings. The summed E-state index contributed by atoms with van der Waals surface area (Å²) in [5.41, 5.74) is 0. The lowest BCUT2D eigenvalue weighted by Crippen LogP contribution is -3.00. The Morgan fingerprint density at radius 1 is 1.00 bits per heavy atom. The molecule has 0 atom stereocenters. The van der Waals surface area contributed by atoms with Crippen LogP contribution in [-0.4, -0.2) is 0 Å². The highest BCUT2D eigenvalue weighted by molar-refractivity contribution is 1.73. The average Bonchev–Trinajstić information content (AvgIpc) is 1.33. The summed E-state index contributed by atoms with van der Waals surface area (Å²) in [7, 11) is -2.85. The molecule has 0 unspecified atom stereocenters. The van der Waals surface area contributed by atoms with Crippen LogP contribution in [-0.2, 0) is 0 Å². The van der Waals surface area contributed by atoms with E-state index in [2.05, 4.69) is 0 Å². The van der Waals surface area contributed by atoms with Crippen LogP contribution in [0.1, 0.15) is 0 Å². The Morgan fingerprint density at radius 3 is 1.00 bits per heavy atom. The molecule has 0 saturated heterocycles. The molecule has 8 heteroatoms. The van der Waals surface area contributed by atoms with Gasteiger partial charge in [0.15, 0.2) is 0 Å². The van der Waals surface area contributed by atoms with Crippen LogP contribution < -0.4 is 35.7 Å². The minimum Gasteiger partial charge on any atom is -1.00 e. The van der Waals surface area contributed by atoms with E-state index >= 15 is 0 Å². The quantitative estimate of drug-likeness (QED) is 0.372. The van der Waals surface area contributed by atoms with Crippen molar-refractivity contribution in [2.75, 3.05) is 0 Å². The third-order valence-electron chi connectivity index (χ3n) is 0. The summed E-state index contributed by atoms with van der Waals surface area (Å²) in [5.74, 6) is 0. The normalized spacial score (nSPS) is 6.75. The van der Waals surface area contributed by atoms with E-state index in [0.717, 1.165) is 0 Å². The van der Waals surface area contributed by atoms with Crippen molar-refractivity contribution in [1.82, 2.24) is 0 Å². The van der Waals surface area contributed by atoms with Crippen LogP contribution in [0.4, 0.5) is 0 Å². The monoisotopic (exact) mass is 185 g/mol. The second-order valence-electron chi connectivity index (χ2n) is 0.252. The lowest BCUT2D eigenvalue weighted by molar-refractivity contribution is -1.73. The topological polar surface area (TPSA) is 115 Å². The van der Waals surface area contributed by atoms with Crippen LogP contribution in [0.5, 0.6) is 0 Å². The molecule has 0 heterocycles. The zero-order chi connectivity index (χ0) is 6.28. The first kappa shape index (κ1) is 15.9. The standard InChI is InChI=1S/ClO3.ClO2.ClH/c2-1(3)4;2-1-3;/h;;1H/q2*-1;/p-1. The number of rotatable bonds is 0. The van der Waals surface area contributed by atoms with Gasteiger partial charge in [-0.1, -0.05) is 0 Å². The lowest BCUT2D eigenvalue weighted by atomic mass is 15.8. The van der Waals surface area contributed by atoms with Crippen molar-refractivity contribution in [2.24, 2.45) is 0 Å². The molecular weight excluding hydrogens is 186 g/mol. The van der Waals surface area contributed by atoms with Gasteiger partial charge in [-0.2, -0.15) is 0 Å². The van der Waals surface area contributed by atoms with Crippen LogP contribution in [0.2, 0.25) is 0 Å². The molecule has 0 aromatic carbocycles. The summed E-state index contributed by atoms with van der Waals surface area (Å²) in [6, 6.07) is 0. The lowest BCUT2D eigenvalue weighted by Gasteiger charge is -1.89. The molecule has 0 aromatic heterocycles. The van der Waals surface area contributed by atoms with E-state index in [9.17, 15) is 0 Å². The third kappa shape index (κ3) is 478. The van der Waals surface area contributed by atoms with E-state index in [1.807, 2.05) is 0 Å². The van der Waals surface area contributed by atoms with Crippen molar-refractivity contribution >= 4 is 0 Å². The fraction of sp³-hybridized carbons (Fsp3) is 0. The molecule has 0 saturated carbocycles. The largest absolute Gasteiger partial charge is 1.00 e. The van der Waals surface area contributed by atoms with Gasteiger partial charge < -0.3 is 35.7 Å². The molecule has 8 heavy (non-hydrogen) atoms. The van der Waals surface area contributed by atoms with Crippen LogP contribution in [0.25, 0.3) is 0 Å². The van der Waals surface area contributed by atoms with Gasteiger partial charge in [0, 0.05) is 0 Å². The Balaban J connectivity index is -0.0000000575. The summed E-state index contributed by atoms with van der Waals surface area (Å²) < 4.78 is 41.7. The van der Waals surface area contributed by atoms with Gasteiger partial charge in [-0.15, -0.1) is 0 Å². The molecule has 0 aromatic rings. The van der Waals surface area contributed by atoms with Gasteiger partial charge in [0.1, 0.15) is 0 Å². The molecule has 0 N–H and O–H groups in total. The molecule has 0 radical (unpaired) electrons. The highest BCUT2D eigenvalue weighted by Crippen LogP contribution is 1.24. The van der Waals surface area contributed by atoms with Gasteiger partial charge in [-0.25, -0.2) is 0 Å². The highest BCUT2D eigenvalue weighted by Gasteiger charge is 1.60. The number of hydrogen-bond acceptors (Lipinski definition) is 5. The predicted octanol–water partition coefficient (Wildman–Crippen LogP) is -8.94. The van der Waals surface area contributed by atoms with Crippen LogP contribution in [0, 0.1) is 22.1 Å². The van der Waals surface area contributed by atoms with Gasteiger partial charge in [-0.3, -0.25) is 0 Å². The predicted molar refractivity (Wildman–Crippen MR) is 0 cm³/mol. The van der Waals surface area contributed by atoms with Crippen molar-refractivity contribution < 1.29 is 57.8 Å². The zero-order valence-electron chi connectivity index (χ0n) is 3.18. The first-order chi connectivity index (χ1) is 3.15. The van der Waals surface area contributed by atoms with Crippen molar-refractivity contribution in [3.05, 3.63) is 0 Å². The van der Waals surface area contributed by atoms with Crippen molar-refractivity contribution in [3.63, 3.8) is 0 Å². The maximum absolute atomic E-state index is 8.41. The van der Waals surface area contributed by atoms with E-state index in [1.54, 1.807) is 0 Å². The summed E-state index contributed by atoms with van der Waals surface area (Å²) in [6.07, 6.45) is 0. The van der Waals surface area contributed by atoms with E-state index in [0.29, 0.717) is 0 Å². The van der Waals surface area contributed by atoms with Gasteiger partial charge in [0.2, 0.25) is 0 Å². The fourth-order valence-corrected chi connectivity index (χ4v) is 0. The Labute approximate surface area is 58.4 Å². The molecular formula is Cl3O5-3. The summed E-state index contributed by atoms with van der Waals surface area (Å²) in [4.78, 5) is 0. The summed E-state index contributed by atoms with van der Waals surface area (Å²) in [5, 5.41) is 0. The van der Waals surface area contributed by atoms with E-state index in [-0.39, 0.29) is 12.4 Å². The number of halogens is 3. The Hall–Kier alpha value is 0.670. The highest BCUT2D eigenvalue weighted by atomic mass is 35.6. The summed E-state index contributed by atoms with van der Waals surface area (Å²) in [6.45, 7) is 0. The van der Waals surface area contributed by atoms with E-state index < -0.39 is 22.1 Å². The smallest absolute Gasteiger partial charge is 0.0878 e. The zero-order valence-corrected chi connectivity index (χ0v) is 5.44. The molecule has 0 amide bonds. The molecule has 0 aliphatic heterocycles. The van der Waals surface area contributed by atoms with E-state index in [1.165, 1.54) is 0 Å². The van der Waals surface area contributed by atoms with Crippen molar-refractivity contribution in [3.8, 4) is 0 Å². The second-order valence-corrected chi connectivity index (χ2v) is 0.756. The SMILES string of the molecule is [Cl-].[O-][Cl+2]([O-])[O-].[O-][Cl+][O-]. The molecule has 0 bridgehead atoms. The second kappa shape index (κ2) is 15.6. The molecule has 5 nitrogen and oxygen atoms in total. The Bertz CT molecular complexity index is 18.9. The first-order valence-electron chi connectivity index (χ1n) is 0.772. The Kier molecular flexibility index (Phi) is 31.0.